The zero-order chi connectivity index (χ0) is 20.6. The van der Waals surface area contributed by atoms with Crippen molar-refractivity contribution in [1.29, 1.82) is 0 Å². The molecule has 0 radical (unpaired) electrons. The van der Waals surface area contributed by atoms with E-state index in [1.54, 1.807) is 50.9 Å². The zero-order valence-corrected chi connectivity index (χ0v) is 16.7. The standard InChI is InChI=1S/C23H24N2O4/c1-16(21-10-9-19(27-2)13-22(21)28-3)25-23(26)18-7-4-8-20(12-18)29-15-17-6-5-11-24-14-17/h4-14,16H,15H2,1-3H3,(H,25,26). The summed E-state index contributed by atoms with van der Waals surface area (Å²) in [5.41, 5.74) is 2.35. The van der Waals surface area contributed by atoms with Crippen LogP contribution in [-0.2, 0) is 6.61 Å². The molecule has 2 aromatic carbocycles. The minimum Gasteiger partial charge on any atom is -0.497 e. The molecule has 3 aromatic rings. The number of nitrogens with zero attached hydrogens (tertiary/aromatic N) is 1. The number of methoxy groups -OCH3 is 2. The van der Waals surface area contributed by atoms with Crippen molar-refractivity contribution in [1.82, 2.24) is 10.3 Å². The molecule has 0 fully saturated rings. The molecule has 3 rings (SSSR count). The van der Waals surface area contributed by atoms with E-state index in [0.717, 1.165) is 11.1 Å². The minimum atomic E-state index is -0.247. The van der Waals surface area contributed by atoms with Gasteiger partial charge in [-0.25, -0.2) is 0 Å². The van der Waals surface area contributed by atoms with Crippen LogP contribution in [0.2, 0.25) is 0 Å². The van der Waals surface area contributed by atoms with E-state index in [-0.39, 0.29) is 11.9 Å². The van der Waals surface area contributed by atoms with Gasteiger partial charge in [0.1, 0.15) is 23.9 Å². The van der Waals surface area contributed by atoms with Crippen molar-refractivity contribution in [2.24, 2.45) is 0 Å². The Balaban J connectivity index is 1.67. The summed E-state index contributed by atoms with van der Waals surface area (Å²) >= 11 is 0. The number of carbonyl (C=O) groups excluding carboxylic acids is 1. The van der Waals surface area contributed by atoms with Crippen molar-refractivity contribution in [3.63, 3.8) is 0 Å². The summed E-state index contributed by atoms with van der Waals surface area (Å²) in [5, 5.41) is 3.00. The van der Waals surface area contributed by atoms with Gasteiger partial charge >= 0.3 is 0 Å². The Morgan fingerprint density at radius 2 is 1.90 bits per heavy atom. The summed E-state index contributed by atoms with van der Waals surface area (Å²) in [6.45, 7) is 2.29. The lowest BCUT2D eigenvalue weighted by Crippen LogP contribution is -2.27. The van der Waals surface area contributed by atoms with Gasteiger partial charge in [-0.15, -0.1) is 0 Å². The molecular weight excluding hydrogens is 368 g/mol. The summed E-state index contributed by atoms with van der Waals surface area (Å²) < 4.78 is 16.4. The molecule has 1 aromatic heterocycles. The van der Waals surface area contributed by atoms with Crippen molar-refractivity contribution < 1.29 is 19.0 Å². The van der Waals surface area contributed by atoms with Crippen molar-refractivity contribution in [3.05, 3.63) is 83.7 Å². The first-order chi connectivity index (χ1) is 14.1. The molecule has 0 aliphatic carbocycles. The van der Waals surface area contributed by atoms with Crippen LogP contribution in [0, 0.1) is 0 Å². The first-order valence-electron chi connectivity index (χ1n) is 9.25. The molecule has 150 valence electrons. The second kappa shape index (κ2) is 9.59. The Morgan fingerprint density at radius 3 is 2.62 bits per heavy atom. The number of hydrogen-bond acceptors (Lipinski definition) is 5. The number of pyridine rings is 1. The highest BCUT2D eigenvalue weighted by Crippen LogP contribution is 2.29. The van der Waals surface area contributed by atoms with E-state index >= 15 is 0 Å². The number of amides is 1. The third kappa shape index (κ3) is 5.25. The van der Waals surface area contributed by atoms with Gasteiger partial charge in [-0.1, -0.05) is 12.1 Å². The van der Waals surface area contributed by atoms with E-state index in [0.29, 0.717) is 29.4 Å². The molecule has 1 atom stereocenters. The van der Waals surface area contributed by atoms with Gasteiger partial charge in [-0.2, -0.15) is 0 Å². The van der Waals surface area contributed by atoms with E-state index < -0.39 is 0 Å². The molecule has 1 heterocycles. The zero-order valence-electron chi connectivity index (χ0n) is 16.7. The van der Waals surface area contributed by atoms with Crippen LogP contribution < -0.4 is 19.5 Å². The fourth-order valence-electron chi connectivity index (χ4n) is 2.91. The second-order valence-corrected chi connectivity index (χ2v) is 6.48. The van der Waals surface area contributed by atoms with E-state index in [2.05, 4.69) is 10.3 Å². The van der Waals surface area contributed by atoms with Crippen LogP contribution in [0.4, 0.5) is 0 Å². The third-order valence-electron chi connectivity index (χ3n) is 4.48. The summed E-state index contributed by atoms with van der Waals surface area (Å²) in [4.78, 5) is 16.8. The molecule has 0 saturated heterocycles. The fourth-order valence-corrected chi connectivity index (χ4v) is 2.91. The lowest BCUT2D eigenvalue weighted by molar-refractivity contribution is 0.0939. The van der Waals surface area contributed by atoms with Crippen molar-refractivity contribution in [2.75, 3.05) is 14.2 Å². The molecule has 6 heteroatoms. The molecule has 0 bridgehead atoms. The number of carbonyl (C=O) groups is 1. The Hall–Kier alpha value is -3.54. The average Bonchev–Trinajstić information content (AvgIpc) is 2.78. The van der Waals surface area contributed by atoms with Crippen LogP contribution in [-0.4, -0.2) is 25.1 Å². The SMILES string of the molecule is COc1ccc(C(C)NC(=O)c2cccc(OCc3cccnc3)c2)c(OC)c1. The Labute approximate surface area is 170 Å². The van der Waals surface area contributed by atoms with Crippen molar-refractivity contribution in [3.8, 4) is 17.2 Å². The van der Waals surface area contributed by atoms with E-state index in [4.69, 9.17) is 14.2 Å². The predicted molar refractivity (Wildman–Crippen MR) is 110 cm³/mol. The maximum atomic E-state index is 12.7. The minimum absolute atomic E-state index is 0.192. The molecule has 29 heavy (non-hydrogen) atoms. The normalized spacial score (nSPS) is 11.4. The summed E-state index contributed by atoms with van der Waals surface area (Å²) in [6.07, 6.45) is 3.47. The molecule has 0 aliphatic rings. The van der Waals surface area contributed by atoms with E-state index in [1.165, 1.54) is 0 Å². The number of hydrogen-bond donors (Lipinski definition) is 1. The number of rotatable bonds is 8. The average molecular weight is 392 g/mol. The highest BCUT2D eigenvalue weighted by molar-refractivity contribution is 5.94. The highest BCUT2D eigenvalue weighted by atomic mass is 16.5. The van der Waals surface area contributed by atoms with Crippen LogP contribution in [0.1, 0.15) is 34.5 Å². The van der Waals surface area contributed by atoms with Gasteiger partial charge in [0.05, 0.1) is 20.3 Å². The van der Waals surface area contributed by atoms with Crippen molar-refractivity contribution >= 4 is 5.91 Å². The smallest absolute Gasteiger partial charge is 0.251 e. The third-order valence-corrected chi connectivity index (χ3v) is 4.48. The van der Waals surface area contributed by atoms with Crippen LogP contribution in [0.15, 0.2) is 67.0 Å². The van der Waals surface area contributed by atoms with Gasteiger partial charge in [0.15, 0.2) is 0 Å². The first-order valence-corrected chi connectivity index (χ1v) is 9.25. The molecule has 1 unspecified atom stereocenters. The maximum Gasteiger partial charge on any atom is 0.251 e. The predicted octanol–water partition coefficient (Wildman–Crippen LogP) is 4.17. The maximum absolute atomic E-state index is 12.7. The molecular formula is C23H24N2O4. The van der Waals surface area contributed by atoms with Gasteiger partial charge < -0.3 is 19.5 Å². The Bertz CT molecular complexity index is 960. The van der Waals surface area contributed by atoms with E-state index in [9.17, 15) is 4.79 Å². The van der Waals surface area contributed by atoms with Crippen LogP contribution in [0.5, 0.6) is 17.2 Å². The Kier molecular flexibility index (Phi) is 6.68. The number of aromatic nitrogens is 1. The first kappa shape index (κ1) is 20.2. The molecule has 0 spiro atoms. The number of benzene rings is 2. The molecule has 0 aliphatic heterocycles. The number of ether oxygens (including phenoxy) is 3. The Morgan fingerprint density at radius 1 is 1.03 bits per heavy atom. The summed E-state index contributed by atoms with van der Waals surface area (Å²) in [6, 6.07) is 16.2. The number of nitrogens with one attached hydrogen (secondary N) is 1. The molecule has 6 nitrogen and oxygen atoms in total. The second-order valence-electron chi connectivity index (χ2n) is 6.48. The summed E-state index contributed by atoms with van der Waals surface area (Å²) in [5.74, 6) is 1.78. The van der Waals surface area contributed by atoms with Crippen molar-refractivity contribution in [2.45, 2.75) is 19.6 Å². The lowest BCUT2D eigenvalue weighted by atomic mass is 10.1. The quantitative estimate of drug-likeness (QED) is 0.623. The van der Waals surface area contributed by atoms with Crippen LogP contribution in [0.3, 0.4) is 0 Å². The van der Waals surface area contributed by atoms with Gasteiger partial charge in [0.25, 0.3) is 5.91 Å². The monoisotopic (exact) mass is 392 g/mol. The van der Waals surface area contributed by atoms with Gasteiger partial charge in [0.2, 0.25) is 0 Å². The van der Waals surface area contributed by atoms with Gasteiger partial charge in [-0.3, -0.25) is 9.78 Å². The van der Waals surface area contributed by atoms with Gasteiger partial charge in [0, 0.05) is 35.2 Å². The van der Waals surface area contributed by atoms with E-state index in [1.807, 2.05) is 37.3 Å². The molecule has 1 N–H and O–H groups in total. The van der Waals surface area contributed by atoms with Crippen LogP contribution >= 0.6 is 0 Å². The largest absolute Gasteiger partial charge is 0.497 e. The molecule has 1 amide bonds. The van der Waals surface area contributed by atoms with Crippen LogP contribution in [0.25, 0.3) is 0 Å². The fraction of sp³-hybridized carbons (Fsp3) is 0.217. The topological polar surface area (TPSA) is 69.7 Å². The highest BCUT2D eigenvalue weighted by Gasteiger charge is 2.16. The lowest BCUT2D eigenvalue weighted by Gasteiger charge is -2.18. The molecule has 0 saturated carbocycles. The summed E-state index contributed by atoms with van der Waals surface area (Å²) in [7, 11) is 3.19. The van der Waals surface area contributed by atoms with Gasteiger partial charge in [-0.05, 0) is 43.3 Å².